The first-order chi connectivity index (χ1) is 9.69. The molecule has 3 atom stereocenters. The lowest BCUT2D eigenvalue weighted by molar-refractivity contribution is -0.146. The quantitative estimate of drug-likeness (QED) is 0.698. The van der Waals surface area contributed by atoms with Crippen molar-refractivity contribution in [3.05, 3.63) is 0 Å². The van der Waals surface area contributed by atoms with E-state index in [0.29, 0.717) is 13.2 Å². The van der Waals surface area contributed by atoms with Crippen molar-refractivity contribution in [3.63, 3.8) is 0 Å². The predicted octanol–water partition coefficient (Wildman–Crippen LogP) is 1.81. The number of carboxylic acid groups (broad SMARTS) is 1. The molecular formula is C15H27NO4. The van der Waals surface area contributed by atoms with Gasteiger partial charge in [0.15, 0.2) is 0 Å². The van der Waals surface area contributed by atoms with Crippen LogP contribution in [0.5, 0.6) is 0 Å². The molecule has 3 unspecified atom stereocenters. The van der Waals surface area contributed by atoms with Gasteiger partial charge in [0.2, 0.25) is 0 Å². The zero-order chi connectivity index (χ0) is 14.4. The van der Waals surface area contributed by atoms with Crippen LogP contribution in [-0.4, -0.2) is 49.6 Å². The molecule has 0 aromatic heterocycles. The van der Waals surface area contributed by atoms with Crippen LogP contribution < -0.4 is 5.32 Å². The highest BCUT2D eigenvalue weighted by atomic mass is 16.5. The molecule has 20 heavy (non-hydrogen) atoms. The summed E-state index contributed by atoms with van der Waals surface area (Å²) in [5, 5.41) is 12.5. The normalized spacial score (nSPS) is 34.2. The van der Waals surface area contributed by atoms with Crippen LogP contribution in [0.1, 0.15) is 44.9 Å². The maximum Gasteiger partial charge on any atom is 0.324 e. The van der Waals surface area contributed by atoms with Crippen molar-refractivity contribution in [2.75, 3.05) is 26.9 Å². The summed E-state index contributed by atoms with van der Waals surface area (Å²) in [5.41, 5.74) is -0.745. The highest BCUT2D eigenvalue weighted by Gasteiger charge is 2.47. The minimum absolute atomic E-state index is 0.164. The minimum atomic E-state index is -0.745. The van der Waals surface area contributed by atoms with E-state index in [1.807, 2.05) is 0 Å². The van der Waals surface area contributed by atoms with Crippen LogP contribution in [-0.2, 0) is 14.3 Å². The second kappa shape index (κ2) is 7.38. The van der Waals surface area contributed by atoms with Gasteiger partial charge < -0.3 is 19.9 Å². The Morgan fingerprint density at radius 1 is 1.40 bits per heavy atom. The molecule has 1 aliphatic heterocycles. The molecule has 0 bridgehead atoms. The molecule has 2 aliphatic rings. The number of aliphatic carboxylic acids is 1. The van der Waals surface area contributed by atoms with E-state index in [-0.39, 0.29) is 12.0 Å². The van der Waals surface area contributed by atoms with Gasteiger partial charge in [-0.3, -0.25) is 4.79 Å². The minimum Gasteiger partial charge on any atom is -0.480 e. The molecule has 2 N–H and O–H groups in total. The lowest BCUT2D eigenvalue weighted by Crippen LogP contribution is -2.53. The van der Waals surface area contributed by atoms with E-state index in [1.165, 1.54) is 6.42 Å². The lowest BCUT2D eigenvalue weighted by atomic mass is 9.85. The van der Waals surface area contributed by atoms with E-state index in [0.717, 1.165) is 45.1 Å². The number of rotatable bonds is 7. The Morgan fingerprint density at radius 2 is 2.25 bits per heavy atom. The highest BCUT2D eigenvalue weighted by Crippen LogP contribution is 2.38. The van der Waals surface area contributed by atoms with E-state index in [4.69, 9.17) is 9.47 Å². The number of ether oxygens (including phenoxy) is 2. The largest absolute Gasteiger partial charge is 0.480 e. The number of hydrogen-bond acceptors (Lipinski definition) is 4. The van der Waals surface area contributed by atoms with Crippen LogP contribution in [0.4, 0.5) is 0 Å². The summed E-state index contributed by atoms with van der Waals surface area (Å²) in [6.07, 6.45) is 7.16. The molecule has 116 valence electrons. The summed E-state index contributed by atoms with van der Waals surface area (Å²) in [7, 11) is 1.75. The van der Waals surface area contributed by atoms with Gasteiger partial charge in [-0.2, -0.15) is 0 Å². The zero-order valence-corrected chi connectivity index (χ0v) is 12.4. The summed E-state index contributed by atoms with van der Waals surface area (Å²) >= 11 is 0. The van der Waals surface area contributed by atoms with Gasteiger partial charge in [0.1, 0.15) is 5.54 Å². The van der Waals surface area contributed by atoms with Crippen molar-refractivity contribution < 1.29 is 19.4 Å². The molecule has 5 heteroatoms. The van der Waals surface area contributed by atoms with E-state index in [2.05, 4.69) is 5.32 Å². The van der Waals surface area contributed by atoms with Crippen molar-refractivity contribution in [1.82, 2.24) is 5.32 Å². The summed E-state index contributed by atoms with van der Waals surface area (Å²) < 4.78 is 11.3. The standard InChI is InChI=1S/C15H27NO4/c1-16-15(14(17)18)8-4-5-12(15)7-10-19-11-13-6-2-3-9-20-13/h12-13,16H,2-11H2,1H3,(H,17,18). The van der Waals surface area contributed by atoms with E-state index < -0.39 is 11.5 Å². The van der Waals surface area contributed by atoms with E-state index >= 15 is 0 Å². The van der Waals surface area contributed by atoms with Gasteiger partial charge in [0.05, 0.1) is 12.7 Å². The van der Waals surface area contributed by atoms with Crippen LogP contribution >= 0.6 is 0 Å². The summed E-state index contributed by atoms with van der Waals surface area (Å²) in [4.78, 5) is 11.5. The Bertz CT molecular complexity index is 317. The molecule has 1 saturated carbocycles. The van der Waals surface area contributed by atoms with Crippen LogP contribution in [0.3, 0.4) is 0 Å². The van der Waals surface area contributed by atoms with Gasteiger partial charge in [0, 0.05) is 13.2 Å². The molecule has 0 aromatic rings. The third kappa shape index (κ3) is 3.51. The molecule has 0 amide bonds. The van der Waals surface area contributed by atoms with Gasteiger partial charge >= 0.3 is 5.97 Å². The van der Waals surface area contributed by atoms with Crippen molar-refractivity contribution in [1.29, 1.82) is 0 Å². The predicted molar refractivity (Wildman–Crippen MR) is 75.8 cm³/mol. The third-order valence-electron chi connectivity index (χ3n) is 4.84. The monoisotopic (exact) mass is 285 g/mol. The maximum absolute atomic E-state index is 11.5. The van der Waals surface area contributed by atoms with Crippen LogP contribution in [0.2, 0.25) is 0 Å². The summed E-state index contributed by atoms with van der Waals surface area (Å²) in [5.74, 6) is -0.560. The Hall–Kier alpha value is -0.650. The third-order valence-corrected chi connectivity index (χ3v) is 4.84. The van der Waals surface area contributed by atoms with Crippen LogP contribution in [0.15, 0.2) is 0 Å². The SMILES string of the molecule is CNC1(C(=O)O)CCCC1CCOCC1CCCCO1. The van der Waals surface area contributed by atoms with Gasteiger partial charge in [-0.25, -0.2) is 0 Å². The summed E-state index contributed by atoms with van der Waals surface area (Å²) in [6.45, 7) is 2.12. The first-order valence-electron chi connectivity index (χ1n) is 7.80. The molecule has 1 aliphatic carbocycles. The van der Waals surface area contributed by atoms with Crippen molar-refractivity contribution in [2.24, 2.45) is 5.92 Å². The fourth-order valence-corrected chi connectivity index (χ4v) is 3.57. The Balaban J connectivity index is 1.71. The second-order valence-electron chi connectivity index (χ2n) is 5.97. The van der Waals surface area contributed by atoms with Gasteiger partial charge in [-0.1, -0.05) is 6.42 Å². The Labute approximate surface area is 121 Å². The number of nitrogens with one attached hydrogen (secondary N) is 1. The number of carbonyl (C=O) groups is 1. The van der Waals surface area contributed by atoms with Gasteiger partial charge in [-0.15, -0.1) is 0 Å². The number of likely N-dealkylation sites (N-methyl/N-ethyl adjacent to an activating group) is 1. The Kier molecular flexibility index (Phi) is 5.81. The molecule has 0 aromatic carbocycles. The summed E-state index contributed by atoms with van der Waals surface area (Å²) in [6, 6.07) is 0. The van der Waals surface area contributed by atoms with E-state index in [9.17, 15) is 9.90 Å². The van der Waals surface area contributed by atoms with E-state index in [1.54, 1.807) is 7.05 Å². The Morgan fingerprint density at radius 3 is 2.90 bits per heavy atom. The topological polar surface area (TPSA) is 67.8 Å². The average molecular weight is 285 g/mol. The van der Waals surface area contributed by atoms with Gasteiger partial charge in [0.25, 0.3) is 0 Å². The molecule has 5 nitrogen and oxygen atoms in total. The fraction of sp³-hybridized carbons (Fsp3) is 0.933. The second-order valence-corrected chi connectivity index (χ2v) is 5.97. The van der Waals surface area contributed by atoms with Crippen molar-refractivity contribution in [3.8, 4) is 0 Å². The van der Waals surface area contributed by atoms with Gasteiger partial charge in [-0.05, 0) is 51.5 Å². The molecular weight excluding hydrogens is 258 g/mol. The first-order valence-corrected chi connectivity index (χ1v) is 7.80. The highest BCUT2D eigenvalue weighted by molar-refractivity contribution is 5.79. The lowest BCUT2D eigenvalue weighted by Gasteiger charge is -2.31. The van der Waals surface area contributed by atoms with Crippen molar-refractivity contribution in [2.45, 2.75) is 56.6 Å². The zero-order valence-electron chi connectivity index (χ0n) is 12.4. The molecule has 1 saturated heterocycles. The maximum atomic E-state index is 11.5. The molecule has 0 radical (unpaired) electrons. The molecule has 2 fully saturated rings. The van der Waals surface area contributed by atoms with Crippen LogP contribution in [0.25, 0.3) is 0 Å². The molecule has 1 heterocycles. The number of carboxylic acids is 1. The average Bonchev–Trinajstić information content (AvgIpc) is 2.89. The first kappa shape index (κ1) is 15.7. The van der Waals surface area contributed by atoms with Crippen molar-refractivity contribution >= 4 is 5.97 Å². The smallest absolute Gasteiger partial charge is 0.324 e. The van der Waals surface area contributed by atoms with Crippen LogP contribution in [0, 0.1) is 5.92 Å². The molecule has 2 rings (SSSR count). The number of hydrogen-bond donors (Lipinski definition) is 2. The fourth-order valence-electron chi connectivity index (χ4n) is 3.57. The molecule has 0 spiro atoms.